The van der Waals surface area contributed by atoms with Gasteiger partial charge in [0, 0.05) is 11.2 Å². The van der Waals surface area contributed by atoms with Crippen molar-refractivity contribution in [2.24, 2.45) is 5.73 Å². The van der Waals surface area contributed by atoms with Crippen LogP contribution in [0.5, 0.6) is 0 Å². The molecule has 5 heteroatoms. The van der Waals surface area contributed by atoms with Gasteiger partial charge in [0.2, 0.25) is 0 Å². The smallest absolute Gasteiger partial charge is 0.0693 e. The van der Waals surface area contributed by atoms with E-state index in [9.17, 15) is 0 Å². The number of halogens is 2. The van der Waals surface area contributed by atoms with E-state index in [2.05, 4.69) is 27.7 Å². The SMILES string of the molecule is NCCc1c(Cl)cccc1-n1cc(I)cn1. The summed E-state index contributed by atoms with van der Waals surface area (Å²) < 4.78 is 2.93. The Bertz CT molecular complexity index is 496. The summed E-state index contributed by atoms with van der Waals surface area (Å²) in [6.45, 7) is 0.578. The zero-order valence-electron chi connectivity index (χ0n) is 8.53. The highest BCUT2D eigenvalue weighted by atomic mass is 127. The molecule has 16 heavy (non-hydrogen) atoms. The fourth-order valence-corrected chi connectivity index (χ4v) is 2.24. The molecular weight excluding hydrogens is 336 g/mol. The third-order valence-electron chi connectivity index (χ3n) is 2.29. The lowest BCUT2D eigenvalue weighted by molar-refractivity contribution is 0.850. The molecule has 84 valence electrons. The monoisotopic (exact) mass is 347 g/mol. The standard InChI is InChI=1S/C11H11ClIN3/c12-10-2-1-3-11(9(10)4-5-14)16-7-8(13)6-15-16/h1-3,6-7H,4-5,14H2. The number of hydrogen-bond donors (Lipinski definition) is 1. The summed E-state index contributed by atoms with van der Waals surface area (Å²) in [6, 6.07) is 5.80. The Kier molecular flexibility index (Phi) is 3.83. The van der Waals surface area contributed by atoms with Crippen LogP contribution in [0.1, 0.15) is 5.56 Å². The van der Waals surface area contributed by atoms with E-state index in [-0.39, 0.29) is 0 Å². The van der Waals surface area contributed by atoms with Crippen LogP contribution in [0.25, 0.3) is 5.69 Å². The van der Waals surface area contributed by atoms with Gasteiger partial charge < -0.3 is 5.73 Å². The van der Waals surface area contributed by atoms with E-state index in [0.717, 1.165) is 26.3 Å². The third-order valence-corrected chi connectivity index (χ3v) is 3.20. The largest absolute Gasteiger partial charge is 0.330 e. The van der Waals surface area contributed by atoms with Gasteiger partial charge in [-0.1, -0.05) is 17.7 Å². The Morgan fingerprint density at radius 1 is 1.44 bits per heavy atom. The molecule has 0 spiro atoms. The van der Waals surface area contributed by atoms with E-state index in [1.165, 1.54) is 0 Å². The first-order valence-electron chi connectivity index (χ1n) is 4.90. The molecule has 0 aliphatic rings. The summed E-state index contributed by atoms with van der Waals surface area (Å²) in [5, 5.41) is 5.02. The molecule has 1 aromatic carbocycles. The fourth-order valence-electron chi connectivity index (χ4n) is 1.59. The van der Waals surface area contributed by atoms with Crippen LogP contribution in [0.4, 0.5) is 0 Å². The lowest BCUT2D eigenvalue weighted by Gasteiger charge is -2.10. The normalized spacial score (nSPS) is 10.7. The molecule has 1 aromatic heterocycles. The minimum atomic E-state index is 0.578. The van der Waals surface area contributed by atoms with E-state index in [1.807, 2.05) is 35.3 Å². The highest BCUT2D eigenvalue weighted by Crippen LogP contribution is 2.23. The number of rotatable bonds is 3. The van der Waals surface area contributed by atoms with Crippen molar-refractivity contribution in [1.29, 1.82) is 0 Å². The second-order valence-corrected chi connectivity index (χ2v) is 5.03. The van der Waals surface area contributed by atoms with Crippen LogP contribution in [-0.4, -0.2) is 16.3 Å². The summed E-state index contributed by atoms with van der Waals surface area (Å²) in [5.74, 6) is 0. The van der Waals surface area contributed by atoms with E-state index >= 15 is 0 Å². The molecule has 0 radical (unpaired) electrons. The van der Waals surface area contributed by atoms with Crippen molar-refractivity contribution >= 4 is 34.2 Å². The number of hydrogen-bond acceptors (Lipinski definition) is 2. The Balaban J connectivity index is 2.51. The zero-order chi connectivity index (χ0) is 11.5. The van der Waals surface area contributed by atoms with Crippen LogP contribution in [0, 0.1) is 3.57 Å². The summed E-state index contributed by atoms with van der Waals surface area (Å²) in [6.07, 6.45) is 4.53. The molecule has 2 rings (SSSR count). The van der Waals surface area contributed by atoms with Gasteiger partial charge in [0.25, 0.3) is 0 Å². The van der Waals surface area contributed by atoms with Gasteiger partial charge in [-0.05, 0) is 53.3 Å². The number of aromatic nitrogens is 2. The molecule has 0 bridgehead atoms. The molecule has 0 atom stereocenters. The van der Waals surface area contributed by atoms with Gasteiger partial charge in [0.15, 0.2) is 0 Å². The summed E-state index contributed by atoms with van der Waals surface area (Å²) in [4.78, 5) is 0. The second kappa shape index (κ2) is 5.16. The van der Waals surface area contributed by atoms with E-state index < -0.39 is 0 Å². The molecule has 0 unspecified atom stereocenters. The molecule has 0 saturated carbocycles. The summed E-state index contributed by atoms with van der Waals surface area (Å²) in [7, 11) is 0. The Morgan fingerprint density at radius 2 is 2.25 bits per heavy atom. The minimum absolute atomic E-state index is 0.578. The van der Waals surface area contributed by atoms with Gasteiger partial charge in [0.05, 0.1) is 15.5 Å². The molecule has 0 amide bonds. The minimum Gasteiger partial charge on any atom is -0.330 e. The lowest BCUT2D eigenvalue weighted by atomic mass is 10.1. The lowest BCUT2D eigenvalue weighted by Crippen LogP contribution is -2.07. The Hall–Kier alpha value is -0.590. The van der Waals surface area contributed by atoms with E-state index in [4.69, 9.17) is 17.3 Å². The predicted molar refractivity (Wildman–Crippen MR) is 74.0 cm³/mol. The first-order chi connectivity index (χ1) is 7.72. The molecule has 0 aliphatic carbocycles. The maximum atomic E-state index is 6.17. The summed E-state index contributed by atoms with van der Waals surface area (Å²) >= 11 is 8.39. The van der Waals surface area contributed by atoms with Gasteiger partial charge in [-0.25, -0.2) is 4.68 Å². The first kappa shape index (κ1) is 11.9. The van der Waals surface area contributed by atoms with Crippen molar-refractivity contribution in [3.05, 3.63) is 44.7 Å². The van der Waals surface area contributed by atoms with Crippen LogP contribution in [0.2, 0.25) is 5.02 Å². The van der Waals surface area contributed by atoms with Crippen LogP contribution in [0.3, 0.4) is 0 Å². The van der Waals surface area contributed by atoms with E-state index in [0.29, 0.717) is 6.54 Å². The third kappa shape index (κ3) is 2.39. The molecule has 3 nitrogen and oxygen atoms in total. The molecular formula is C11H11ClIN3. The number of nitrogens with zero attached hydrogens (tertiary/aromatic N) is 2. The molecule has 0 aliphatic heterocycles. The van der Waals surface area contributed by atoms with Crippen LogP contribution < -0.4 is 5.73 Å². The average molecular weight is 348 g/mol. The van der Waals surface area contributed by atoms with Crippen molar-refractivity contribution < 1.29 is 0 Å². The summed E-state index contributed by atoms with van der Waals surface area (Å²) in [5.41, 5.74) is 7.64. The maximum absolute atomic E-state index is 6.17. The van der Waals surface area contributed by atoms with Crippen molar-refractivity contribution in [3.63, 3.8) is 0 Å². The first-order valence-corrected chi connectivity index (χ1v) is 6.36. The molecule has 0 fully saturated rings. The predicted octanol–water partition coefficient (Wildman–Crippen LogP) is 2.63. The second-order valence-electron chi connectivity index (χ2n) is 3.38. The highest BCUT2D eigenvalue weighted by molar-refractivity contribution is 14.1. The van der Waals surface area contributed by atoms with E-state index in [1.54, 1.807) is 0 Å². The average Bonchev–Trinajstić information content (AvgIpc) is 2.68. The Morgan fingerprint density at radius 3 is 2.88 bits per heavy atom. The Labute approximate surface area is 113 Å². The van der Waals surface area contributed by atoms with Gasteiger partial charge in [-0.15, -0.1) is 0 Å². The number of benzene rings is 1. The maximum Gasteiger partial charge on any atom is 0.0693 e. The van der Waals surface area contributed by atoms with Crippen molar-refractivity contribution in [2.75, 3.05) is 6.54 Å². The van der Waals surface area contributed by atoms with Crippen LogP contribution in [0.15, 0.2) is 30.6 Å². The van der Waals surface area contributed by atoms with Gasteiger partial charge in [-0.2, -0.15) is 5.10 Å². The van der Waals surface area contributed by atoms with Gasteiger partial charge >= 0.3 is 0 Å². The quantitative estimate of drug-likeness (QED) is 0.868. The molecule has 0 saturated heterocycles. The van der Waals surface area contributed by atoms with Gasteiger partial charge in [-0.3, -0.25) is 0 Å². The zero-order valence-corrected chi connectivity index (χ0v) is 11.4. The van der Waals surface area contributed by atoms with Crippen LogP contribution in [-0.2, 0) is 6.42 Å². The molecule has 1 heterocycles. The van der Waals surface area contributed by atoms with Crippen molar-refractivity contribution in [2.45, 2.75) is 6.42 Å². The van der Waals surface area contributed by atoms with Crippen molar-refractivity contribution in [1.82, 2.24) is 9.78 Å². The number of nitrogens with two attached hydrogens (primary N) is 1. The molecule has 2 aromatic rings. The highest BCUT2D eigenvalue weighted by Gasteiger charge is 2.08. The van der Waals surface area contributed by atoms with Crippen molar-refractivity contribution in [3.8, 4) is 5.69 Å². The fraction of sp³-hybridized carbons (Fsp3) is 0.182. The topological polar surface area (TPSA) is 43.8 Å². The van der Waals surface area contributed by atoms with Crippen LogP contribution >= 0.6 is 34.2 Å². The van der Waals surface area contributed by atoms with Gasteiger partial charge in [0.1, 0.15) is 0 Å². The molecule has 2 N–H and O–H groups in total.